The minimum atomic E-state index is -2.04. The molecule has 1 aromatic carbocycles. The Bertz CT molecular complexity index is 658. The number of rotatable bonds is 2. The van der Waals surface area contributed by atoms with Crippen molar-refractivity contribution in [3.05, 3.63) is 39.9 Å². The van der Waals surface area contributed by atoms with Crippen LogP contribution in [0.15, 0.2) is 6.07 Å². The van der Waals surface area contributed by atoms with Crippen molar-refractivity contribution in [3.8, 4) is 0 Å². The van der Waals surface area contributed by atoms with Gasteiger partial charge in [0.1, 0.15) is 5.01 Å². The standard InChI is InChI=1S/C10H5F4N3OS/c1-3-16-17-10(19-3)15-9(18)4-2-5(11)7(13)8(14)6(4)12/h2H,1H3,(H,15,17,18). The summed E-state index contributed by atoms with van der Waals surface area (Å²) in [5.74, 6) is -8.58. The van der Waals surface area contributed by atoms with E-state index in [-0.39, 0.29) is 11.2 Å². The average Bonchev–Trinajstić information content (AvgIpc) is 2.76. The number of carbonyl (C=O) groups is 1. The topological polar surface area (TPSA) is 54.9 Å². The summed E-state index contributed by atoms with van der Waals surface area (Å²) in [6.45, 7) is 1.62. The van der Waals surface area contributed by atoms with E-state index < -0.39 is 34.7 Å². The Morgan fingerprint density at radius 3 is 2.42 bits per heavy atom. The zero-order valence-corrected chi connectivity index (χ0v) is 10.1. The quantitative estimate of drug-likeness (QED) is 0.526. The Labute approximate surface area is 108 Å². The number of halogens is 4. The van der Waals surface area contributed by atoms with Gasteiger partial charge in [-0.3, -0.25) is 10.1 Å². The molecule has 1 N–H and O–H groups in total. The average molecular weight is 291 g/mol. The highest BCUT2D eigenvalue weighted by Crippen LogP contribution is 2.21. The Hall–Kier alpha value is -2.03. The van der Waals surface area contributed by atoms with Gasteiger partial charge in [-0.2, -0.15) is 0 Å². The summed E-state index contributed by atoms with van der Waals surface area (Å²) >= 11 is 0.990. The predicted octanol–water partition coefficient (Wildman–Crippen LogP) is 2.66. The zero-order chi connectivity index (χ0) is 14.2. The molecule has 4 nitrogen and oxygen atoms in total. The predicted molar refractivity (Wildman–Crippen MR) is 58.9 cm³/mol. The van der Waals surface area contributed by atoms with Crippen molar-refractivity contribution in [3.63, 3.8) is 0 Å². The number of nitrogens with one attached hydrogen (secondary N) is 1. The van der Waals surface area contributed by atoms with Gasteiger partial charge >= 0.3 is 0 Å². The highest BCUT2D eigenvalue weighted by atomic mass is 32.1. The van der Waals surface area contributed by atoms with Crippen molar-refractivity contribution in [2.45, 2.75) is 6.92 Å². The van der Waals surface area contributed by atoms with Crippen LogP contribution in [0.4, 0.5) is 22.7 Å². The van der Waals surface area contributed by atoms with E-state index in [9.17, 15) is 22.4 Å². The van der Waals surface area contributed by atoms with Gasteiger partial charge in [0, 0.05) is 0 Å². The third-order valence-electron chi connectivity index (χ3n) is 2.09. The van der Waals surface area contributed by atoms with Gasteiger partial charge in [-0.1, -0.05) is 11.3 Å². The molecule has 0 saturated heterocycles. The Balaban J connectivity index is 2.34. The molecule has 0 aliphatic rings. The molecule has 19 heavy (non-hydrogen) atoms. The van der Waals surface area contributed by atoms with Crippen LogP contribution in [0.3, 0.4) is 0 Å². The van der Waals surface area contributed by atoms with E-state index in [0.717, 1.165) is 11.3 Å². The summed E-state index contributed by atoms with van der Waals surface area (Å²) in [6, 6.07) is 0.275. The minimum Gasteiger partial charge on any atom is -0.296 e. The Kier molecular flexibility index (Phi) is 3.47. The van der Waals surface area contributed by atoms with Crippen LogP contribution in [0, 0.1) is 30.2 Å². The molecule has 9 heteroatoms. The van der Waals surface area contributed by atoms with Gasteiger partial charge in [-0.15, -0.1) is 10.2 Å². The summed E-state index contributed by atoms with van der Waals surface area (Å²) in [7, 11) is 0. The first-order valence-corrected chi connectivity index (χ1v) is 5.66. The molecular formula is C10H5F4N3OS. The molecule has 2 rings (SSSR count). The number of hydrogen-bond acceptors (Lipinski definition) is 4. The van der Waals surface area contributed by atoms with Crippen LogP contribution >= 0.6 is 11.3 Å². The van der Waals surface area contributed by atoms with Crippen LogP contribution in [-0.2, 0) is 0 Å². The summed E-state index contributed by atoms with van der Waals surface area (Å²) in [6.07, 6.45) is 0. The molecule has 0 spiro atoms. The fraction of sp³-hybridized carbons (Fsp3) is 0.100. The van der Waals surface area contributed by atoms with Gasteiger partial charge in [0.15, 0.2) is 23.3 Å². The molecule has 0 saturated carbocycles. The zero-order valence-electron chi connectivity index (χ0n) is 9.30. The van der Waals surface area contributed by atoms with Crippen LogP contribution in [0.1, 0.15) is 15.4 Å². The van der Waals surface area contributed by atoms with E-state index in [0.29, 0.717) is 5.01 Å². The highest BCUT2D eigenvalue weighted by Gasteiger charge is 2.23. The van der Waals surface area contributed by atoms with Crippen molar-refractivity contribution in [2.75, 3.05) is 5.32 Å². The summed E-state index contributed by atoms with van der Waals surface area (Å²) < 4.78 is 51.9. The molecule has 100 valence electrons. The lowest BCUT2D eigenvalue weighted by Crippen LogP contribution is -2.16. The second-order valence-corrected chi connectivity index (χ2v) is 4.61. The van der Waals surface area contributed by atoms with Crippen LogP contribution in [0.25, 0.3) is 0 Å². The number of aromatic nitrogens is 2. The number of aryl methyl sites for hydroxylation is 1. The minimum absolute atomic E-state index is 0.0343. The van der Waals surface area contributed by atoms with E-state index in [1.54, 1.807) is 6.92 Å². The summed E-state index contributed by atoms with van der Waals surface area (Å²) in [4.78, 5) is 11.6. The lowest BCUT2D eigenvalue weighted by Gasteiger charge is -2.05. The molecular weight excluding hydrogens is 286 g/mol. The lowest BCUT2D eigenvalue weighted by atomic mass is 10.1. The first kappa shape index (κ1) is 13.4. The van der Waals surface area contributed by atoms with Crippen molar-refractivity contribution in [1.82, 2.24) is 10.2 Å². The Morgan fingerprint density at radius 1 is 1.16 bits per heavy atom. The summed E-state index contributed by atoms with van der Waals surface area (Å²) in [5.41, 5.74) is -0.954. The van der Waals surface area contributed by atoms with Crippen molar-refractivity contribution < 1.29 is 22.4 Å². The molecule has 0 aliphatic carbocycles. The van der Waals surface area contributed by atoms with Gasteiger partial charge in [-0.25, -0.2) is 17.6 Å². The molecule has 0 unspecified atom stereocenters. The molecule has 0 radical (unpaired) electrons. The second-order valence-electron chi connectivity index (χ2n) is 3.43. The molecule has 1 heterocycles. The SMILES string of the molecule is Cc1nnc(NC(=O)c2cc(F)c(F)c(F)c2F)s1. The first-order chi connectivity index (χ1) is 8.90. The number of hydrogen-bond donors (Lipinski definition) is 1. The van der Waals surface area contributed by atoms with E-state index in [1.165, 1.54) is 0 Å². The number of carbonyl (C=O) groups excluding carboxylic acids is 1. The van der Waals surface area contributed by atoms with Gasteiger partial charge < -0.3 is 0 Å². The van der Waals surface area contributed by atoms with Crippen LogP contribution < -0.4 is 5.32 Å². The van der Waals surface area contributed by atoms with Gasteiger partial charge in [-0.05, 0) is 13.0 Å². The molecule has 1 aromatic heterocycles. The smallest absolute Gasteiger partial charge is 0.260 e. The largest absolute Gasteiger partial charge is 0.296 e. The highest BCUT2D eigenvalue weighted by molar-refractivity contribution is 7.15. The molecule has 0 fully saturated rings. The molecule has 0 bridgehead atoms. The third-order valence-corrected chi connectivity index (χ3v) is 2.85. The first-order valence-electron chi connectivity index (χ1n) is 4.84. The number of nitrogens with zero attached hydrogens (tertiary/aromatic N) is 2. The fourth-order valence-electron chi connectivity index (χ4n) is 1.25. The number of amides is 1. The third kappa shape index (κ3) is 2.55. The maximum absolute atomic E-state index is 13.3. The second kappa shape index (κ2) is 4.92. The molecule has 2 aromatic rings. The number of anilines is 1. The summed E-state index contributed by atoms with van der Waals surface area (Å²) in [5, 5.41) is 9.79. The van der Waals surface area contributed by atoms with E-state index in [2.05, 4.69) is 15.5 Å². The molecule has 0 aliphatic heterocycles. The van der Waals surface area contributed by atoms with Gasteiger partial charge in [0.05, 0.1) is 5.56 Å². The van der Waals surface area contributed by atoms with Crippen molar-refractivity contribution in [2.24, 2.45) is 0 Å². The van der Waals surface area contributed by atoms with E-state index in [1.807, 2.05) is 0 Å². The maximum atomic E-state index is 13.3. The van der Waals surface area contributed by atoms with Crippen molar-refractivity contribution >= 4 is 22.4 Å². The Morgan fingerprint density at radius 2 is 1.84 bits per heavy atom. The normalized spacial score (nSPS) is 10.6. The number of benzene rings is 1. The van der Waals surface area contributed by atoms with Crippen molar-refractivity contribution in [1.29, 1.82) is 0 Å². The molecule has 1 amide bonds. The van der Waals surface area contributed by atoms with Crippen LogP contribution in [0.5, 0.6) is 0 Å². The van der Waals surface area contributed by atoms with Crippen LogP contribution in [0.2, 0.25) is 0 Å². The maximum Gasteiger partial charge on any atom is 0.260 e. The lowest BCUT2D eigenvalue weighted by molar-refractivity contribution is 0.102. The van der Waals surface area contributed by atoms with Gasteiger partial charge in [0.25, 0.3) is 5.91 Å². The monoisotopic (exact) mass is 291 g/mol. The van der Waals surface area contributed by atoms with Crippen LogP contribution in [-0.4, -0.2) is 16.1 Å². The molecule has 0 atom stereocenters. The van der Waals surface area contributed by atoms with E-state index in [4.69, 9.17) is 0 Å². The van der Waals surface area contributed by atoms with Gasteiger partial charge in [0.2, 0.25) is 5.13 Å². The van der Waals surface area contributed by atoms with E-state index >= 15 is 0 Å². The fourth-order valence-corrected chi connectivity index (χ4v) is 1.84.